The number of carbonyl (C=O) groups is 1. The zero-order valence-electron chi connectivity index (χ0n) is 10.4. The van der Waals surface area contributed by atoms with E-state index in [1.165, 1.54) is 0 Å². The van der Waals surface area contributed by atoms with E-state index in [0.29, 0.717) is 18.9 Å². The first kappa shape index (κ1) is 11.6. The van der Waals surface area contributed by atoms with E-state index in [2.05, 4.69) is 15.5 Å². The fraction of sp³-hybridized carbons (Fsp3) is 0.333. The van der Waals surface area contributed by atoms with Crippen LogP contribution in [0, 0.1) is 6.92 Å². The van der Waals surface area contributed by atoms with E-state index in [0.717, 1.165) is 5.69 Å². The van der Waals surface area contributed by atoms with Crippen molar-refractivity contribution in [1.29, 1.82) is 0 Å². The molecule has 98 valence electrons. The maximum Gasteiger partial charge on any atom is 0.414 e. The molecule has 0 unspecified atom stereocenters. The fourth-order valence-corrected chi connectivity index (χ4v) is 2.05. The summed E-state index contributed by atoms with van der Waals surface area (Å²) in [6.07, 6.45) is -0.572. The topological polar surface area (TPSA) is 73.1 Å². The number of tetrazole rings is 1. The van der Waals surface area contributed by atoms with Crippen molar-refractivity contribution in [3.05, 3.63) is 36.2 Å². The second-order valence-corrected chi connectivity index (χ2v) is 4.36. The van der Waals surface area contributed by atoms with E-state index in [9.17, 15) is 4.79 Å². The molecule has 1 saturated heterocycles. The highest BCUT2D eigenvalue weighted by Crippen LogP contribution is 2.21. The van der Waals surface area contributed by atoms with Gasteiger partial charge in [-0.1, -0.05) is 18.2 Å². The largest absolute Gasteiger partial charge is 0.442 e. The summed E-state index contributed by atoms with van der Waals surface area (Å²) in [5.41, 5.74) is 0.837. The van der Waals surface area contributed by atoms with Crippen molar-refractivity contribution in [1.82, 2.24) is 20.2 Å². The maximum atomic E-state index is 11.8. The first-order valence-corrected chi connectivity index (χ1v) is 6.00. The number of aromatic nitrogens is 4. The number of ether oxygens (including phenoxy) is 1. The molecule has 1 fully saturated rings. The number of para-hydroxylation sites is 1. The van der Waals surface area contributed by atoms with E-state index in [4.69, 9.17) is 4.74 Å². The van der Waals surface area contributed by atoms with Gasteiger partial charge in [-0.25, -0.2) is 9.48 Å². The van der Waals surface area contributed by atoms with Crippen molar-refractivity contribution in [3.63, 3.8) is 0 Å². The summed E-state index contributed by atoms with van der Waals surface area (Å²) in [7, 11) is 0. The molecule has 0 aliphatic carbocycles. The van der Waals surface area contributed by atoms with E-state index >= 15 is 0 Å². The first-order chi connectivity index (χ1) is 9.24. The van der Waals surface area contributed by atoms with Crippen LogP contribution < -0.4 is 4.90 Å². The van der Waals surface area contributed by atoms with Gasteiger partial charge < -0.3 is 4.74 Å². The SMILES string of the molecule is Cc1nnnn1C[C@@H]1CN(c2ccccc2)C(=O)O1. The second kappa shape index (κ2) is 4.68. The minimum atomic E-state index is -0.332. The number of benzene rings is 1. The summed E-state index contributed by atoms with van der Waals surface area (Å²) in [6, 6.07) is 9.45. The summed E-state index contributed by atoms with van der Waals surface area (Å²) in [5, 5.41) is 11.2. The number of carbonyl (C=O) groups excluding carboxylic acids is 1. The standard InChI is InChI=1S/C12H13N5O2/c1-9-13-14-15-17(9)8-11-7-16(12(18)19-11)10-5-3-2-4-6-10/h2-6,11H,7-8H2,1H3/t11-/m0/s1. The predicted octanol–water partition coefficient (Wildman–Crippen LogP) is 1.01. The van der Waals surface area contributed by atoms with Gasteiger partial charge in [0.15, 0.2) is 0 Å². The van der Waals surface area contributed by atoms with Gasteiger partial charge in [-0.2, -0.15) is 0 Å². The van der Waals surface area contributed by atoms with Gasteiger partial charge >= 0.3 is 6.09 Å². The van der Waals surface area contributed by atoms with Gasteiger partial charge in [0.2, 0.25) is 0 Å². The lowest BCUT2D eigenvalue weighted by atomic mass is 10.3. The normalized spacial score (nSPS) is 18.7. The zero-order chi connectivity index (χ0) is 13.2. The van der Waals surface area contributed by atoms with Crippen molar-refractivity contribution >= 4 is 11.8 Å². The van der Waals surface area contributed by atoms with Crippen LogP contribution in [0.15, 0.2) is 30.3 Å². The van der Waals surface area contributed by atoms with Gasteiger partial charge in [0.05, 0.1) is 13.1 Å². The average Bonchev–Trinajstić information content (AvgIpc) is 2.98. The lowest BCUT2D eigenvalue weighted by molar-refractivity contribution is 0.128. The summed E-state index contributed by atoms with van der Waals surface area (Å²) >= 11 is 0. The molecule has 0 saturated carbocycles. The molecule has 0 N–H and O–H groups in total. The van der Waals surface area contributed by atoms with E-state index in [1.54, 1.807) is 9.58 Å². The molecule has 2 aromatic rings. The van der Waals surface area contributed by atoms with Gasteiger partial charge in [-0.15, -0.1) is 5.10 Å². The average molecular weight is 259 g/mol. The molecule has 1 aliphatic rings. The predicted molar refractivity (Wildman–Crippen MR) is 66.6 cm³/mol. The van der Waals surface area contributed by atoms with Gasteiger partial charge in [0.1, 0.15) is 11.9 Å². The van der Waals surface area contributed by atoms with Crippen LogP contribution in [0.1, 0.15) is 5.82 Å². The fourth-order valence-electron chi connectivity index (χ4n) is 2.05. The number of aryl methyl sites for hydroxylation is 1. The molecule has 1 atom stereocenters. The Balaban J connectivity index is 1.72. The monoisotopic (exact) mass is 259 g/mol. The van der Waals surface area contributed by atoms with Crippen LogP contribution in [-0.2, 0) is 11.3 Å². The third-order valence-corrected chi connectivity index (χ3v) is 3.03. The van der Waals surface area contributed by atoms with Crippen molar-refractivity contribution < 1.29 is 9.53 Å². The lowest BCUT2D eigenvalue weighted by Crippen LogP contribution is -2.26. The molecule has 0 spiro atoms. The van der Waals surface area contributed by atoms with E-state index < -0.39 is 0 Å². The number of hydrogen-bond donors (Lipinski definition) is 0. The lowest BCUT2D eigenvalue weighted by Gasteiger charge is -2.12. The summed E-state index contributed by atoms with van der Waals surface area (Å²) in [5.74, 6) is 0.703. The number of cyclic esters (lactones) is 1. The first-order valence-electron chi connectivity index (χ1n) is 6.00. The maximum absolute atomic E-state index is 11.8. The molecule has 2 heterocycles. The van der Waals surface area contributed by atoms with Gasteiger partial charge in [0, 0.05) is 5.69 Å². The number of anilines is 1. The molecular weight excluding hydrogens is 246 g/mol. The molecule has 3 rings (SSSR count). The quantitative estimate of drug-likeness (QED) is 0.822. The van der Waals surface area contributed by atoms with Crippen LogP contribution in [0.25, 0.3) is 0 Å². The zero-order valence-corrected chi connectivity index (χ0v) is 10.4. The van der Waals surface area contributed by atoms with E-state index in [1.807, 2.05) is 37.3 Å². The minimum absolute atomic E-state index is 0.241. The van der Waals surface area contributed by atoms with Crippen LogP contribution in [0.3, 0.4) is 0 Å². The third kappa shape index (κ3) is 2.26. The summed E-state index contributed by atoms with van der Waals surface area (Å²) in [4.78, 5) is 13.5. The number of hydrogen-bond acceptors (Lipinski definition) is 5. The third-order valence-electron chi connectivity index (χ3n) is 3.03. The van der Waals surface area contributed by atoms with Gasteiger partial charge in [-0.3, -0.25) is 4.90 Å². The number of amides is 1. The van der Waals surface area contributed by atoms with Gasteiger partial charge in [0.25, 0.3) is 0 Å². The van der Waals surface area contributed by atoms with Crippen LogP contribution in [0.4, 0.5) is 10.5 Å². The highest BCUT2D eigenvalue weighted by atomic mass is 16.6. The Morgan fingerprint density at radius 3 is 2.84 bits per heavy atom. The molecular formula is C12H13N5O2. The Morgan fingerprint density at radius 1 is 1.37 bits per heavy atom. The number of nitrogens with zero attached hydrogens (tertiary/aromatic N) is 5. The molecule has 1 aromatic heterocycles. The molecule has 0 radical (unpaired) electrons. The van der Waals surface area contributed by atoms with Gasteiger partial charge in [-0.05, 0) is 29.5 Å². The molecule has 7 nitrogen and oxygen atoms in total. The Morgan fingerprint density at radius 2 is 2.16 bits per heavy atom. The number of rotatable bonds is 3. The van der Waals surface area contributed by atoms with Crippen molar-refractivity contribution in [2.75, 3.05) is 11.4 Å². The Hall–Kier alpha value is -2.44. The van der Waals surface area contributed by atoms with Crippen LogP contribution in [-0.4, -0.2) is 38.9 Å². The molecule has 19 heavy (non-hydrogen) atoms. The molecule has 0 bridgehead atoms. The van der Waals surface area contributed by atoms with Crippen LogP contribution >= 0.6 is 0 Å². The highest BCUT2D eigenvalue weighted by molar-refractivity contribution is 5.89. The van der Waals surface area contributed by atoms with E-state index in [-0.39, 0.29) is 12.2 Å². The molecule has 7 heteroatoms. The Bertz CT molecular complexity index is 583. The van der Waals surface area contributed by atoms with Crippen LogP contribution in [0.2, 0.25) is 0 Å². The minimum Gasteiger partial charge on any atom is -0.442 e. The Labute approximate surface area is 109 Å². The Kier molecular flexibility index (Phi) is 2.86. The molecule has 1 amide bonds. The van der Waals surface area contributed by atoms with Crippen molar-refractivity contribution in [3.8, 4) is 0 Å². The van der Waals surface area contributed by atoms with Crippen molar-refractivity contribution in [2.24, 2.45) is 0 Å². The van der Waals surface area contributed by atoms with Crippen LogP contribution in [0.5, 0.6) is 0 Å². The summed E-state index contributed by atoms with van der Waals surface area (Å²) < 4.78 is 6.96. The molecule has 1 aromatic carbocycles. The smallest absolute Gasteiger partial charge is 0.414 e. The highest BCUT2D eigenvalue weighted by Gasteiger charge is 2.32. The van der Waals surface area contributed by atoms with Crippen molar-refractivity contribution in [2.45, 2.75) is 19.6 Å². The summed E-state index contributed by atoms with van der Waals surface area (Å²) in [6.45, 7) is 2.78. The second-order valence-electron chi connectivity index (χ2n) is 4.36. The molecule has 1 aliphatic heterocycles.